The van der Waals surface area contributed by atoms with Crippen LogP contribution in [-0.2, 0) is 16.0 Å². The Morgan fingerprint density at radius 2 is 2.26 bits per heavy atom. The number of nitrogens with one attached hydrogen (secondary N) is 1. The summed E-state index contributed by atoms with van der Waals surface area (Å²) in [6.07, 6.45) is 2.22. The van der Waals surface area contributed by atoms with Crippen molar-refractivity contribution in [2.24, 2.45) is 0 Å². The number of aromatic amines is 1. The molecule has 0 spiro atoms. The van der Waals surface area contributed by atoms with Gasteiger partial charge in [0.2, 0.25) is 5.91 Å². The van der Waals surface area contributed by atoms with Crippen LogP contribution in [-0.4, -0.2) is 51.0 Å². The van der Waals surface area contributed by atoms with Crippen LogP contribution in [0.1, 0.15) is 17.5 Å². The smallest absolute Gasteiger partial charge is 0.305 e. The second kappa shape index (κ2) is 6.66. The van der Waals surface area contributed by atoms with Crippen LogP contribution in [0.2, 0.25) is 0 Å². The van der Waals surface area contributed by atoms with Gasteiger partial charge in [-0.25, -0.2) is 0 Å². The number of carbonyl (C=O) groups excluding carboxylic acids is 1. The van der Waals surface area contributed by atoms with Crippen molar-refractivity contribution >= 4 is 34.5 Å². The van der Waals surface area contributed by atoms with E-state index in [1.54, 1.807) is 16.7 Å². The van der Waals surface area contributed by atoms with Crippen molar-refractivity contribution in [3.8, 4) is 0 Å². The number of rotatable bonds is 4. The van der Waals surface area contributed by atoms with E-state index in [4.69, 9.17) is 5.11 Å². The highest BCUT2D eigenvalue weighted by Crippen LogP contribution is 2.25. The zero-order valence-corrected chi connectivity index (χ0v) is 13.9. The first-order valence-corrected chi connectivity index (χ1v) is 8.86. The minimum Gasteiger partial charge on any atom is -0.481 e. The number of aliphatic carboxylic acids is 1. The number of fused-ring (bicyclic) bond motifs is 1. The van der Waals surface area contributed by atoms with E-state index in [1.165, 1.54) is 0 Å². The van der Waals surface area contributed by atoms with E-state index < -0.39 is 5.97 Å². The first-order chi connectivity index (χ1) is 11.1. The third-order valence-corrected chi connectivity index (χ3v) is 5.39. The van der Waals surface area contributed by atoms with Crippen molar-refractivity contribution in [3.05, 3.63) is 35.5 Å². The summed E-state index contributed by atoms with van der Waals surface area (Å²) in [7, 11) is 0. The molecule has 1 aromatic carbocycles. The van der Waals surface area contributed by atoms with Crippen LogP contribution in [0.25, 0.3) is 10.9 Å². The van der Waals surface area contributed by atoms with Crippen LogP contribution >= 0.6 is 11.8 Å². The van der Waals surface area contributed by atoms with Gasteiger partial charge in [0, 0.05) is 35.2 Å². The molecule has 1 fully saturated rings. The maximum Gasteiger partial charge on any atom is 0.305 e. The van der Waals surface area contributed by atoms with E-state index in [1.807, 2.05) is 31.3 Å². The monoisotopic (exact) mass is 332 g/mol. The molecule has 0 aliphatic carbocycles. The number of aromatic nitrogens is 1. The van der Waals surface area contributed by atoms with Crippen LogP contribution in [0, 0.1) is 6.92 Å². The first-order valence-electron chi connectivity index (χ1n) is 7.71. The number of aryl methyl sites for hydroxylation is 1. The van der Waals surface area contributed by atoms with Gasteiger partial charge < -0.3 is 15.0 Å². The summed E-state index contributed by atoms with van der Waals surface area (Å²) >= 11 is 1.72. The molecule has 6 heteroatoms. The Morgan fingerprint density at radius 1 is 1.43 bits per heavy atom. The maximum atomic E-state index is 12.7. The van der Waals surface area contributed by atoms with Crippen molar-refractivity contribution in [1.82, 2.24) is 9.88 Å². The second-order valence-corrected chi connectivity index (χ2v) is 7.05. The predicted octanol–water partition coefficient (Wildman–Crippen LogP) is 2.44. The molecular formula is C17H20N2O3S. The predicted molar refractivity (Wildman–Crippen MR) is 91.8 cm³/mol. The SMILES string of the molecule is Cc1cccc2[nH]cc(CC(=O)N3CCSCC3CC(=O)O)c12. The average molecular weight is 332 g/mol. The lowest BCUT2D eigenvalue weighted by molar-refractivity contribution is -0.140. The highest BCUT2D eigenvalue weighted by Gasteiger charge is 2.29. The summed E-state index contributed by atoms with van der Waals surface area (Å²) in [5, 5.41) is 10.1. The number of carboxylic acids is 1. The zero-order chi connectivity index (χ0) is 16.4. The van der Waals surface area contributed by atoms with Gasteiger partial charge in [-0.05, 0) is 24.1 Å². The minimum absolute atomic E-state index is 0.0145. The number of carbonyl (C=O) groups is 2. The van der Waals surface area contributed by atoms with Gasteiger partial charge in [-0.2, -0.15) is 11.8 Å². The number of nitrogens with zero attached hydrogens (tertiary/aromatic N) is 1. The third kappa shape index (κ3) is 3.37. The molecule has 1 amide bonds. The molecule has 1 aliphatic heterocycles. The molecule has 2 aromatic rings. The molecule has 3 rings (SSSR count). The van der Waals surface area contributed by atoms with Gasteiger partial charge in [-0.3, -0.25) is 9.59 Å². The molecule has 0 saturated carbocycles. The van der Waals surface area contributed by atoms with Crippen LogP contribution in [0.5, 0.6) is 0 Å². The van der Waals surface area contributed by atoms with Crippen LogP contribution < -0.4 is 0 Å². The van der Waals surface area contributed by atoms with Crippen LogP contribution in [0.15, 0.2) is 24.4 Å². The summed E-state index contributed by atoms with van der Waals surface area (Å²) in [5.74, 6) is 0.735. The summed E-state index contributed by atoms with van der Waals surface area (Å²) in [6, 6.07) is 5.82. The molecule has 2 heterocycles. The normalized spacial score (nSPS) is 18.3. The topological polar surface area (TPSA) is 73.4 Å². The first kappa shape index (κ1) is 15.9. The lowest BCUT2D eigenvalue weighted by Crippen LogP contribution is -2.47. The molecule has 1 saturated heterocycles. The van der Waals surface area contributed by atoms with E-state index in [0.717, 1.165) is 27.8 Å². The van der Waals surface area contributed by atoms with E-state index >= 15 is 0 Å². The van der Waals surface area contributed by atoms with Crippen molar-refractivity contribution in [2.75, 3.05) is 18.1 Å². The van der Waals surface area contributed by atoms with Crippen molar-refractivity contribution in [3.63, 3.8) is 0 Å². The minimum atomic E-state index is -0.849. The molecule has 1 aromatic heterocycles. The number of hydrogen-bond acceptors (Lipinski definition) is 3. The number of hydrogen-bond donors (Lipinski definition) is 2. The van der Waals surface area contributed by atoms with Gasteiger partial charge in [-0.1, -0.05) is 12.1 Å². The number of amides is 1. The van der Waals surface area contributed by atoms with Gasteiger partial charge in [0.15, 0.2) is 0 Å². The van der Waals surface area contributed by atoms with E-state index in [2.05, 4.69) is 4.98 Å². The summed E-state index contributed by atoms with van der Waals surface area (Å²) < 4.78 is 0. The van der Waals surface area contributed by atoms with Crippen molar-refractivity contribution < 1.29 is 14.7 Å². The van der Waals surface area contributed by atoms with Gasteiger partial charge in [0.05, 0.1) is 18.9 Å². The van der Waals surface area contributed by atoms with Gasteiger partial charge in [0.1, 0.15) is 0 Å². The molecular weight excluding hydrogens is 312 g/mol. The van der Waals surface area contributed by atoms with E-state index in [-0.39, 0.29) is 18.4 Å². The fourth-order valence-electron chi connectivity index (χ4n) is 3.21. The van der Waals surface area contributed by atoms with Crippen LogP contribution in [0.4, 0.5) is 0 Å². The Balaban J connectivity index is 1.80. The number of benzene rings is 1. The molecule has 2 N–H and O–H groups in total. The Labute approximate surface area is 139 Å². The third-order valence-electron chi connectivity index (χ3n) is 4.30. The highest BCUT2D eigenvalue weighted by atomic mass is 32.2. The van der Waals surface area contributed by atoms with E-state index in [9.17, 15) is 9.59 Å². The molecule has 0 radical (unpaired) electrons. The number of carboxylic acid groups (broad SMARTS) is 1. The fourth-order valence-corrected chi connectivity index (χ4v) is 4.27. The van der Waals surface area contributed by atoms with Crippen LogP contribution in [0.3, 0.4) is 0 Å². The van der Waals surface area contributed by atoms with Crippen molar-refractivity contribution in [1.29, 1.82) is 0 Å². The molecule has 0 bridgehead atoms. The van der Waals surface area contributed by atoms with E-state index in [0.29, 0.717) is 18.7 Å². The molecule has 1 unspecified atom stereocenters. The Morgan fingerprint density at radius 3 is 3.04 bits per heavy atom. The lowest BCUT2D eigenvalue weighted by Gasteiger charge is -2.34. The lowest BCUT2D eigenvalue weighted by atomic mass is 10.0. The quantitative estimate of drug-likeness (QED) is 0.902. The molecule has 23 heavy (non-hydrogen) atoms. The highest BCUT2D eigenvalue weighted by molar-refractivity contribution is 7.99. The number of thioether (sulfide) groups is 1. The zero-order valence-electron chi connectivity index (χ0n) is 13.0. The average Bonchev–Trinajstić information content (AvgIpc) is 2.91. The Bertz CT molecular complexity index is 741. The standard InChI is InChI=1S/C17H20N2O3S/c1-11-3-2-4-14-17(11)12(9-18-14)7-15(20)19-5-6-23-10-13(19)8-16(21)22/h2-4,9,13,18H,5-8,10H2,1H3,(H,21,22). The molecule has 1 atom stereocenters. The fraction of sp³-hybridized carbons (Fsp3) is 0.412. The molecule has 5 nitrogen and oxygen atoms in total. The Hall–Kier alpha value is -1.95. The summed E-state index contributed by atoms with van der Waals surface area (Å²) in [6.45, 7) is 2.66. The largest absolute Gasteiger partial charge is 0.481 e. The molecule has 122 valence electrons. The van der Waals surface area contributed by atoms with Crippen molar-refractivity contribution in [2.45, 2.75) is 25.8 Å². The van der Waals surface area contributed by atoms with Gasteiger partial charge >= 0.3 is 5.97 Å². The molecule has 1 aliphatic rings. The second-order valence-electron chi connectivity index (χ2n) is 5.90. The van der Waals surface area contributed by atoms with Gasteiger partial charge in [-0.15, -0.1) is 0 Å². The van der Waals surface area contributed by atoms with Gasteiger partial charge in [0.25, 0.3) is 0 Å². The number of H-pyrrole nitrogens is 1. The summed E-state index contributed by atoms with van der Waals surface area (Å²) in [4.78, 5) is 28.7. The summed E-state index contributed by atoms with van der Waals surface area (Å²) in [5.41, 5.74) is 3.15. The maximum absolute atomic E-state index is 12.7. The Kier molecular flexibility index (Phi) is 4.61.